The van der Waals surface area contributed by atoms with Crippen LogP contribution in [-0.4, -0.2) is 35.4 Å². The lowest BCUT2D eigenvalue weighted by Crippen LogP contribution is -2.56. The zero-order chi connectivity index (χ0) is 21.8. The Balaban J connectivity index is 1.65. The molecular formula is C24H28FN3OS2. The monoisotopic (exact) mass is 457 g/mol. The molecule has 0 aliphatic carbocycles. The molecule has 4 rings (SSSR count). The maximum atomic E-state index is 14.9. The highest BCUT2D eigenvalue weighted by molar-refractivity contribution is 7.10. The van der Waals surface area contributed by atoms with Crippen LogP contribution in [0.5, 0.6) is 0 Å². The molecule has 0 spiro atoms. The summed E-state index contributed by atoms with van der Waals surface area (Å²) in [7, 11) is 0. The Labute approximate surface area is 191 Å². The molecule has 0 radical (unpaired) electrons. The van der Waals surface area contributed by atoms with E-state index in [1.54, 1.807) is 45.8 Å². The molecule has 1 aliphatic heterocycles. The summed E-state index contributed by atoms with van der Waals surface area (Å²) in [5.41, 5.74) is 0.680. The molecule has 1 saturated heterocycles. The molecule has 1 fully saturated rings. The topological polar surface area (TPSA) is 36.4 Å². The van der Waals surface area contributed by atoms with Crippen LogP contribution >= 0.6 is 22.7 Å². The van der Waals surface area contributed by atoms with Crippen molar-refractivity contribution < 1.29 is 9.18 Å². The number of hydrogen-bond donors (Lipinski definition) is 0. The van der Waals surface area contributed by atoms with Crippen molar-refractivity contribution in [3.63, 3.8) is 0 Å². The van der Waals surface area contributed by atoms with Gasteiger partial charge in [0.05, 0.1) is 5.69 Å². The number of thiophene rings is 1. The number of carbonyl (C=O) groups is 1. The van der Waals surface area contributed by atoms with Crippen LogP contribution in [0.25, 0.3) is 0 Å². The predicted molar refractivity (Wildman–Crippen MR) is 126 cm³/mol. The Morgan fingerprint density at radius 1 is 1.19 bits per heavy atom. The van der Waals surface area contributed by atoms with Crippen molar-refractivity contribution in [1.82, 2.24) is 9.88 Å². The van der Waals surface area contributed by atoms with E-state index in [9.17, 15) is 9.18 Å². The van der Waals surface area contributed by atoms with Gasteiger partial charge in [-0.25, -0.2) is 9.37 Å². The number of para-hydroxylation sites is 1. The standard InChI is InChI=1S/C24H28FN3OS2/c1-3-22(29)28(21-9-5-4-8-20(21)25)24(23-26-18(2)17-31-23)11-14-27(15-12-24)13-10-19-7-6-16-30-19/h4-9,16-17H,3,10-15H2,1-2H3. The van der Waals surface area contributed by atoms with Crippen LogP contribution in [-0.2, 0) is 16.8 Å². The van der Waals surface area contributed by atoms with Gasteiger partial charge in [0.25, 0.3) is 0 Å². The van der Waals surface area contributed by atoms with E-state index in [1.165, 1.54) is 10.9 Å². The summed E-state index contributed by atoms with van der Waals surface area (Å²) in [6, 6.07) is 10.9. The largest absolute Gasteiger partial charge is 0.303 e. The van der Waals surface area contributed by atoms with E-state index in [0.717, 1.165) is 49.6 Å². The minimum Gasteiger partial charge on any atom is -0.303 e. The highest BCUT2D eigenvalue weighted by atomic mass is 32.1. The third kappa shape index (κ3) is 4.59. The molecule has 7 heteroatoms. The van der Waals surface area contributed by atoms with Gasteiger partial charge in [-0.3, -0.25) is 9.69 Å². The van der Waals surface area contributed by atoms with E-state index in [-0.39, 0.29) is 11.7 Å². The van der Waals surface area contributed by atoms with E-state index in [0.29, 0.717) is 12.1 Å². The fourth-order valence-corrected chi connectivity index (χ4v) is 6.11. The SMILES string of the molecule is CCC(=O)N(c1ccccc1F)C1(c2nc(C)cs2)CCN(CCc2cccs2)CC1. The molecule has 0 bridgehead atoms. The van der Waals surface area contributed by atoms with Gasteiger partial charge >= 0.3 is 0 Å². The lowest BCUT2D eigenvalue weighted by molar-refractivity contribution is -0.120. The molecular weight excluding hydrogens is 429 g/mol. The first-order valence-corrected chi connectivity index (χ1v) is 12.5. The second-order valence-electron chi connectivity index (χ2n) is 8.03. The molecule has 31 heavy (non-hydrogen) atoms. The second-order valence-corrected chi connectivity index (χ2v) is 9.92. The first-order chi connectivity index (χ1) is 15.0. The van der Waals surface area contributed by atoms with Crippen molar-refractivity contribution in [1.29, 1.82) is 0 Å². The first-order valence-electron chi connectivity index (χ1n) is 10.8. The number of rotatable bonds is 7. The Bertz CT molecular complexity index is 1010. The summed E-state index contributed by atoms with van der Waals surface area (Å²) in [6.45, 7) is 6.51. The zero-order valence-corrected chi connectivity index (χ0v) is 19.6. The number of hydrogen-bond acceptors (Lipinski definition) is 5. The number of aromatic nitrogens is 1. The van der Waals surface area contributed by atoms with Gasteiger partial charge in [-0.1, -0.05) is 25.1 Å². The van der Waals surface area contributed by atoms with Crippen molar-refractivity contribution in [3.8, 4) is 0 Å². The number of piperidine rings is 1. The highest BCUT2D eigenvalue weighted by Gasteiger charge is 2.47. The quantitative estimate of drug-likeness (QED) is 0.461. The molecule has 0 saturated carbocycles. The summed E-state index contributed by atoms with van der Waals surface area (Å²) < 4.78 is 14.9. The number of thiazole rings is 1. The van der Waals surface area contributed by atoms with Gasteiger partial charge in [0.1, 0.15) is 16.4 Å². The lowest BCUT2D eigenvalue weighted by Gasteiger charge is -2.47. The number of anilines is 1. The van der Waals surface area contributed by atoms with E-state index in [4.69, 9.17) is 4.98 Å². The fourth-order valence-electron chi connectivity index (χ4n) is 4.37. The molecule has 1 aromatic carbocycles. The van der Waals surface area contributed by atoms with Crippen LogP contribution in [0.1, 0.15) is 41.8 Å². The van der Waals surface area contributed by atoms with Crippen LogP contribution in [0.15, 0.2) is 47.2 Å². The molecule has 4 nitrogen and oxygen atoms in total. The van der Waals surface area contributed by atoms with Crippen LogP contribution in [0.2, 0.25) is 0 Å². The van der Waals surface area contributed by atoms with Gasteiger partial charge in [-0.15, -0.1) is 22.7 Å². The number of amides is 1. The summed E-state index contributed by atoms with van der Waals surface area (Å²) in [5, 5.41) is 5.05. The first kappa shape index (κ1) is 22.1. The minimum atomic E-state index is -0.617. The fraction of sp³-hybridized carbons (Fsp3) is 0.417. The van der Waals surface area contributed by atoms with Crippen molar-refractivity contribution in [2.45, 2.75) is 45.1 Å². The maximum Gasteiger partial charge on any atom is 0.227 e. The number of benzene rings is 1. The molecule has 164 valence electrons. The van der Waals surface area contributed by atoms with Crippen LogP contribution in [0, 0.1) is 12.7 Å². The number of likely N-dealkylation sites (tertiary alicyclic amines) is 1. The molecule has 2 aromatic heterocycles. The molecule has 3 heterocycles. The Morgan fingerprint density at radius 3 is 2.58 bits per heavy atom. The number of halogens is 1. The molecule has 3 aromatic rings. The number of carbonyl (C=O) groups excluding carboxylic acids is 1. The summed E-state index contributed by atoms with van der Waals surface area (Å²) in [5.74, 6) is -0.429. The molecule has 0 atom stereocenters. The van der Waals surface area contributed by atoms with Gasteiger partial charge in [-0.05, 0) is 49.8 Å². The molecule has 1 aliphatic rings. The maximum absolute atomic E-state index is 14.9. The van der Waals surface area contributed by atoms with Crippen LogP contribution in [0.3, 0.4) is 0 Å². The van der Waals surface area contributed by atoms with Crippen molar-refractivity contribution >= 4 is 34.3 Å². The Hall–Kier alpha value is -2.09. The van der Waals surface area contributed by atoms with Crippen LogP contribution in [0.4, 0.5) is 10.1 Å². The average molecular weight is 458 g/mol. The van der Waals surface area contributed by atoms with E-state index < -0.39 is 5.54 Å². The van der Waals surface area contributed by atoms with Gasteiger partial charge in [0.2, 0.25) is 5.91 Å². The van der Waals surface area contributed by atoms with Crippen molar-refractivity contribution in [2.24, 2.45) is 0 Å². The third-order valence-corrected chi connectivity index (χ3v) is 8.12. The minimum absolute atomic E-state index is 0.0648. The lowest BCUT2D eigenvalue weighted by atomic mass is 9.84. The Morgan fingerprint density at radius 2 is 1.97 bits per heavy atom. The summed E-state index contributed by atoms with van der Waals surface area (Å²) in [4.78, 5) is 23.6. The highest BCUT2D eigenvalue weighted by Crippen LogP contribution is 2.44. The van der Waals surface area contributed by atoms with Gasteiger partial charge in [0, 0.05) is 42.0 Å². The van der Waals surface area contributed by atoms with Crippen molar-refractivity contribution in [3.05, 3.63) is 68.6 Å². The van der Waals surface area contributed by atoms with E-state index >= 15 is 0 Å². The normalized spacial score (nSPS) is 16.4. The van der Waals surface area contributed by atoms with Gasteiger partial charge in [-0.2, -0.15) is 0 Å². The summed E-state index contributed by atoms with van der Waals surface area (Å²) >= 11 is 3.37. The smallest absolute Gasteiger partial charge is 0.227 e. The molecule has 0 N–H and O–H groups in total. The predicted octanol–water partition coefficient (Wildman–Crippen LogP) is 5.63. The second kappa shape index (κ2) is 9.59. The van der Waals surface area contributed by atoms with E-state index in [1.807, 2.05) is 19.2 Å². The van der Waals surface area contributed by atoms with Gasteiger partial charge < -0.3 is 4.90 Å². The van der Waals surface area contributed by atoms with Crippen LogP contribution < -0.4 is 4.90 Å². The summed E-state index contributed by atoms with van der Waals surface area (Å²) in [6.07, 6.45) is 2.84. The number of nitrogens with zero attached hydrogens (tertiary/aromatic N) is 3. The van der Waals surface area contributed by atoms with E-state index in [2.05, 4.69) is 22.4 Å². The number of aryl methyl sites for hydroxylation is 1. The zero-order valence-electron chi connectivity index (χ0n) is 18.0. The third-order valence-electron chi connectivity index (χ3n) is 6.03. The average Bonchev–Trinajstić information content (AvgIpc) is 3.46. The molecule has 1 amide bonds. The molecule has 0 unspecified atom stereocenters. The van der Waals surface area contributed by atoms with Gasteiger partial charge in [0.15, 0.2) is 0 Å². The Kier molecular flexibility index (Phi) is 6.84. The van der Waals surface area contributed by atoms with Crippen molar-refractivity contribution in [2.75, 3.05) is 24.5 Å².